The van der Waals surface area contributed by atoms with Crippen molar-refractivity contribution in [2.75, 3.05) is 6.61 Å². The second-order valence-electron chi connectivity index (χ2n) is 4.67. The number of aliphatic carboxylic acids is 1. The number of hydrogen-bond donors (Lipinski definition) is 3. The summed E-state index contributed by atoms with van der Waals surface area (Å²) in [5, 5.41) is 13.8. The van der Waals surface area contributed by atoms with E-state index >= 15 is 0 Å². The van der Waals surface area contributed by atoms with Gasteiger partial charge in [0, 0.05) is 0 Å². The highest BCUT2D eigenvalue weighted by atomic mass is 32.2. The summed E-state index contributed by atoms with van der Waals surface area (Å²) in [5.74, 6) is -2.44. The van der Waals surface area contributed by atoms with Crippen LogP contribution in [-0.4, -0.2) is 40.1 Å². The van der Waals surface area contributed by atoms with Gasteiger partial charge in [-0.3, -0.25) is 0 Å². The van der Waals surface area contributed by atoms with Crippen LogP contribution in [0.1, 0.15) is 20.8 Å². The van der Waals surface area contributed by atoms with Crippen LogP contribution in [-0.2, 0) is 19.2 Å². The number of ether oxygens (including phenoxy) is 1. The quantitative estimate of drug-likeness (QED) is 0.216. The van der Waals surface area contributed by atoms with Gasteiger partial charge in [0.2, 0.25) is 6.61 Å². The third kappa shape index (κ3) is 5.36. The van der Waals surface area contributed by atoms with Crippen molar-refractivity contribution in [1.29, 1.82) is 0 Å². The molecule has 0 amide bonds. The standard InChI is InChI=1S/C10H16N4O5S/c1-10(2,3)19-7(15)5-18-12-8(9(16)17)14-4-6(11)20-13-14/h4,13H,5,11H2,1-3H3,(H,16,17)/b12-8-. The summed E-state index contributed by atoms with van der Waals surface area (Å²) < 4.78 is 4.98. The first-order valence-electron chi connectivity index (χ1n) is 5.53. The Labute approximate surface area is 119 Å². The molecule has 9 nitrogen and oxygen atoms in total. The summed E-state index contributed by atoms with van der Waals surface area (Å²) in [7, 11) is 0. The van der Waals surface area contributed by atoms with E-state index in [0.717, 1.165) is 17.0 Å². The molecule has 0 aromatic carbocycles. The molecule has 0 saturated carbocycles. The zero-order valence-electron chi connectivity index (χ0n) is 11.2. The number of carboxylic acids is 1. The van der Waals surface area contributed by atoms with Crippen molar-refractivity contribution in [3.8, 4) is 0 Å². The minimum Gasteiger partial charge on any atom is -0.475 e. The third-order valence-corrected chi connectivity index (χ3v) is 2.32. The van der Waals surface area contributed by atoms with Gasteiger partial charge >= 0.3 is 11.9 Å². The number of amidine groups is 1. The van der Waals surface area contributed by atoms with Crippen molar-refractivity contribution < 1.29 is 24.3 Å². The first kappa shape index (κ1) is 16.1. The van der Waals surface area contributed by atoms with E-state index in [4.69, 9.17) is 15.6 Å². The van der Waals surface area contributed by atoms with Gasteiger partial charge in [0.05, 0.1) is 6.20 Å². The van der Waals surface area contributed by atoms with Gasteiger partial charge in [-0.05, 0) is 32.7 Å². The van der Waals surface area contributed by atoms with Gasteiger partial charge in [-0.25, -0.2) is 14.6 Å². The first-order valence-corrected chi connectivity index (χ1v) is 6.35. The molecule has 0 atom stereocenters. The molecule has 4 N–H and O–H groups in total. The molecule has 0 saturated heterocycles. The molecule has 0 aliphatic carbocycles. The van der Waals surface area contributed by atoms with Crippen molar-refractivity contribution >= 4 is 29.7 Å². The lowest BCUT2D eigenvalue weighted by Gasteiger charge is -2.19. The molecule has 20 heavy (non-hydrogen) atoms. The summed E-state index contributed by atoms with van der Waals surface area (Å²) in [5.41, 5.74) is 4.82. The van der Waals surface area contributed by atoms with Crippen LogP contribution >= 0.6 is 11.9 Å². The lowest BCUT2D eigenvalue weighted by Crippen LogP contribution is -2.37. The third-order valence-electron chi connectivity index (χ3n) is 1.69. The Kier molecular flexibility index (Phi) is 5.22. The predicted molar refractivity (Wildman–Crippen MR) is 71.7 cm³/mol. The predicted octanol–water partition coefficient (Wildman–Crippen LogP) is -0.0312. The van der Waals surface area contributed by atoms with E-state index in [1.54, 1.807) is 20.8 Å². The second kappa shape index (κ2) is 6.48. The fraction of sp³-hybridized carbons (Fsp3) is 0.500. The van der Waals surface area contributed by atoms with E-state index in [0.29, 0.717) is 5.03 Å². The highest BCUT2D eigenvalue weighted by Gasteiger charge is 2.23. The molecule has 1 aliphatic rings. The average Bonchev–Trinajstić information content (AvgIpc) is 2.68. The molecule has 0 unspecified atom stereocenters. The monoisotopic (exact) mass is 304 g/mol. The Morgan fingerprint density at radius 1 is 1.55 bits per heavy atom. The number of oxime groups is 1. The van der Waals surface area contributed by atoms with Crippen molar-refractivity contribution in [2.45, 2.75) is 26.4 Å². The Balaban J connectivity index is 2.57. The molecule has 1 aliphatic heterocycles. The molecule has 1 rings (SSSR count). The van der Waals surface area contributed by atoms with Crippen LogP contribution < -0.4 is 10.6 Å². The summed E-state index contributed by atoms with van der Waals surface area (Å²) >= 11 is 1.02. The Hall–Kier alpha value is -1.94. The number of hydrazine groups is 1. The van der Waals surface area contributed by atoms with Crippen molar-refractivity contribution in [1.82, 2.24) is 9.84 Å². The highest BCUT2D eigenvalue weighted by molar-refractivity contribution is 8.01. The van der Waals surface area contributed by atoms with Gasteiger partial charge in [0.25, 0.3) is 5.84 Å². The minimum atomic E-state index is -1.34. The number of hydrogen-bond acceptors (Lipinski definition) is 8. The lowest BCUT2D eigenvalue weighted by atomic mass is 10.2. The Morgan fingerprint density at radius 2 is 2.20 bits per heavy atom. The molecule has 0 radical (unpaired) electrons. The van der Waals surface area contributed by atoms with Gasteiger partial charge in [-0.15, -0.1) is 0 Å². The van der Waals surface area contributed by atoms with Crippen LogP contribution in [0.2, 0.25) is 0 Å². The molecule has 1 heterocycles. The van der Waals surface area contributed by atoms with E-state index < -0.39 is 30.0 Å². The molecule has 10 heteroatoms. The molecule has 0 spiro atoms. The summed E-state index contributed by atoms with van der Waals surface area (Å²) in [6.07, 6.45) is 1.33. The largest absolute Gasteiger partial charge is 0.475 e. The number of carbonyl (C=O) groups is 2. The van der Waals surface area contributed by atoms with E-state index in [-0.39, 0.29) is 0 Å². The van der Waals surface area contributed by atoms with Crippen molar-refractivity contribution in [2.24, 2.45) is 10.9 Å². The van der Waals surface area contributed by atoms with Gasteiger partial charge in [0.15, 0.2) is 0 Å². The van der Waals surface area contributed by atoms with Gasteiger partial charge in [-0.2, -0.15) is 4.83 Å². The van der Waals surface area contributed by atoms with Crippen LogP contribution in [0.15, 0.2) is 16.4 Å². The molecular formula is C10H16N4O5S. The van der Waals surface area contributed by atoms with E-state index in [1.807, 2.05) is 0 Å². The maximum atomic E-state index is 11.4. The number of nitrogens with two attached hydrogens (primary N) is 1. The first-order chi connectivity index (χ1) is 9.19. The Bertz CT molecular complexity index is 457. The fourth-order valence-electron chi connectivity index (χ4n) is 1.09. The van der Waals surface area contributed by atoms with Crippen LogP contribution in [0.4, 0.5) is 0 Å². The molecule has 0 bridgehead atoms. The topological polar surface area (TPSA) is 126 Å². The number of nitrogens with one attached hydrogen (secondary N) is 1. The van der Waals surface area contributed by atoms with Crippen molar-refractivity contribution in [3.05, 3.63) is 11.2 Å². The summed E-state index contributed by atoms with van der Waals surface area (Å²) in [6.45, 7) is 4.62. The van der Waals surface area contributed by atoms with Crippen LogP contribution in [0.3, 0.4) is 0 Å². The average molecular weight is 304 g/mol. The fourth-order valence-corrected chi connectivity index (χ4v) is 1.59. The smallest absolute Gasteiger partial charge is 0.377 e. The minimum absolute atomic E-state index is 0.367. The maximum Gasteiger partial charge on any atom is 0.377 e. The highest BCUT2D eigenvalue weighted by Crippen LogP contribution is 2.15. The SMILES string of the molecule is CC(C)(C)OC(=O)CO/N=C(/C(=O)O)N1C=C(N)SN1. The maximum absolute atomic E-state index is 11.4. The summed E-state index contributed by atoms with van der Waals surface area (Å²) in [4.78, 5) is 29.6. The summed E-state index contributed by atoms with van der Waals surface area (Å²) in [6, 6.07) is 0. The number of esters is 1. The van der Waals surface area contributed by atoms with E-state index in [1.165, 1.54) is 6.20 Å². The number of nitrogens with zero attached hydrogens (tertiary/aromatic N) is 2. The second-order valence-corrected chi connectivity index (χ2v) is 5.53. The Morgan fingerprint density at radius 3 is 2.65 bits per heavy atom. The lowest BCUT2D eigenvalue weighted by molar-refractivity contribution is -0.160. The zero-order chi connectivity index (χ0) is 15.3. The number of carbonyl (C=O) groups excluding carboxylic acids is 1. The zero-order valence-corrected chi connectivity index (χ0v) is 12.1. The van der Waals surface area contributed by atoms with Crippen LogP contribution in [0.5, 0.6) is 0 Å². The van der Waals surface area contributed by atoms with E-state index in [9.17, 15) is 9.59 Å². The molecule has 0 fully saturated rings. The van der Waals surface area contributed by atoms with Crippen LogP contribution in [0.25, 0.3) is 0 Å². The number of rotatable bonds is 3. The van der Waals surface area contributed by atoms with Gasteiger partial charge in [-0.1, -0.05) is 5.16 Å². The van der Waals surface area contributed by atoms with Crippen molar-refractivity contribution in [3.63, 3.8) is 0 Å². The van der Waals surface area contributed by atoms with Gasteiger partial charge < -0.3 is 20.4 Å². The molecule has 0 aromatic rings. The molecular weight excluding hydrogens is 288 g/mol. The molecule has 0 aromatic heterocycles. The normalized spacial score (nSPS) is 15.8. The molecule has 112 valence electrons. The van der Waals surface area contributed by atoms with E-state index in [2.05, 4.69) is 14.8 Å². The van der Waals surface area contributed by atoms with Gasteiger partial charge in [0.1, 0.15) is 10.6 Å². The number of carboxylic acid groups (broad SMARTS) is 1. The van der Waals surface area contributed by atoms with Crippen LogP contribution in [0, 0.1) is 0 Å².